The SMILES string of the molecule is CCc1ccc(C2=CCN(c3ccc(S(C)(=O)=O)cc3)CC2)cc1. The first kappa shape index (κ1) is 16.8. The first-order valence-electron chi connectivity index (χ1n) is 8.31. The number of aryl methyl sites for hydroxylation is 1. The highest BCUT2D eigenvalue weighted by Gasteiger charge is 2.14. The van der Waals surface area contributed by atoms with Crippen molar-refractivity contribution in [2.45, 2.75) is 24.7 Å². The van der Waals surface area contributed by atoms with Crippen molar-refractivity contribution in [1.82, 2.24) is 0 Å². The fourth-order valence-corrected chi connectivity index (χ4v) is 3.65. The van der Waals surface area contributed by atoms with E-state index >= 15 is 0 Å². The molecule has 0 radical (unpaired) electrons. The lowest BCUT2D eigenvalue weighted by atomic mass is 9.98. The van der Waals surface area contributed by atoms with Crippen LogP contribution >= 0.6 is 0 Å². The predicted molar refractivity (Wildman–Crippen MR) is 100 cm³/mol. The molecule has 3 rings (SSSR count). The molecule has 0 bridgehead atoms. The van der Waals surface area contributed by atoms with E-state index in [0.29, 0.717) is 4.90 Å². The van der Waals surface area contributed by atoms with Crippen LogP contribution in [0.4, 0.5) is 5.69 Å². The van der Waals surface area contributed by atoms with Crippen molar-refractivity contribution in [2.24, 2.45) is 0 Å². The Morgan fingerprint density at radius 2 is 1.67 bits per heavy atom. The Balaban J connectivity index is 1.72. The van der Waals surface area contributed by atoms with Gasteiger partial charge < -0.3 is 4.90 Å². The second-order valence-electron chi connectivity index (χ2n) is 6.24. The van der Waals surface area contributed by atoms with Crippen molar-refractivity contribution in [3.05, 3.63) is 65.7 Å². The molecule has 0 saturated carbocycles. The number of hydrogen-bond donors (Lipinski definition) is 0. The van der Waals surface area contributed by atoms with Crippen LogP contribution in [0.3, 0.4) is 0 Å². The Morgan fingerprint density at radius 3 is 2.17 bits per heavy atom. The van der Waals surface area contributed by atoms with Crippen LogP contribution in [0.2, 0.25) is 0 Å². The molecule has 0 unspecified atom stereocenters. The minimum absolute atomic E-state index is 0.371. The van der Waals surface area contributed by atoms with E-state index in [0.717, 1.165) is 31.6 Å². The molecule has 4 heteroatoms. The molecule has 1 heterocycles. The second-order valence-corrected chi connectivity index (χ2v) is 8.26. The Hall–Kier alpha value is -2.07. The number of sulfone groups is 1. The molecule has 0 fully saturated rings. The van der Waals surface area contributed by atoms with Gasteiger partial charge in [0.15, 0.2) is 9.84 Å². The summed E-state index contributed by atoms with van der Waals surface area (Å²) in [5.74, 6) is 0. The van der Waals surface area contributed by atoms with E-state index < -0.39 is 9.84 Å². The standard InChI is InChI=1S/C20H23NO2S/c1-3-16-4-6-17(7-5-16)18-12-14-21(15-13-18)19-8-10-20(11-9-19)24(2,22)23/h4-12H,3,13-15H2,1-2H3. The maximum atomic E-state index is 11.5. The molecule has 126 valence electrons. The molecule has 0 spiro atoms. The van der Waals surface area contributed by atoms with Gasteiger partial charge in [0.05, 0.1) is 4.90 Å². The maximum absolute atomic E-state index is 11.5. The normalized spacial score (nSPS) is 15.2. The topological polar surface area (TPSA) is 37.4 Å². The molecule has 24 heavy (non-hydrogen) atoms. The molecular weight excluding hydrogens is 318 g/mol. The zero-order valence-electron chi connectivity index (χ0n) is 14.2. The summed E-state index contributed by atoms with van der Waals surface area (Å²) in [5.41, 5.74) is 5.13. The summed E-state index contributed by atoms with van der Waals surface area (Å²) in [7, 11) is -3.13. The van der Waals surface area contributed by atoms with Gasteiger partial charge in [-0.2, -0.15) is 0 Å². The summed E-state index contributed by atoms with van der Waals surface area (Å²) in [6.07, 6.45) is 5.58. The molecule has 0 amide bonds. The van der Waals surface area contributed by atoms with Crippen molar-refractivity contribution in [3.8, 4) is 0 Å². The molecule has 2 aromatic rings. The highest BCUT2D eigenvalue weighted by atomic mass is 32.2. The Morgan fingerprint density at radius 1 is 1.00 bits per heavy atom. The van der Waals surface area contributed by atoms with Gasteiger partial charge in [0.2, 0.25) is 0 Å². The van der Waals surface area contributed by atoms with E-state index in [1.807, 2.05) is 12.1 Å². The Bertz CT molecular complexity index is 834. The number of anilines is 1. The zero-order valence-corrected chi connectivity index (χ0v) is 15.0. The zero-order chi connectivity index (χ0) is 17.2. The summed E-state index contributed by atoms with van der Waals surface area (Å²) in [6.45, 7) is 3.96. The highest BCUT2D eigenvalue weighted by molar-refractivity contribution is 7.90. The van der Waals surface area contributed by atoms with Crippen molar-refractivity contribution < 1.29 is 8.42 Å². The minimum Gasteiger partial charge on any atom is -0.367 e. The van der Waals surface area contributed by atoms with Crippen molar-refractivity contribution in [1.29, 1.82) is 0 Å². The first-order valence-corrected chi connectivity index (χ1v) is 10.2. The van der Waals surface area contributed by atoms with Crippen molar-refractivity contribution in [3.63, 3.8) is 0 Å². The van der Waals surface area contributed by atoms with Crippen LogP contribution in [0.25, 0.3) is 5.57 Å². The quantitative estimate of drug-likeness (QED) is 0.845. The van der Waals surface area contributed by atoms with Gasteiger partial charge >= 0.3 is 0 Å². The van der Waals surface area contributed by atoms with E-state index in [1.165, 1.54) is 23.0 Å². The second kappa shape index (κ2) is 6.81. The van der Waals surface area contributed by atoms with Gasteiger partial charge in [-0.25, -0.2) is 8.42 Å². The average Bonchev–Trinajstić information content (AvgIpc) is 2.61. The van der Waals surface area contributed by atoms with Crippen molar-refractivity contribution >= 4 is 21.1 Å². The van der Waals surface area contributed by atoms with Gasteiger partial charge in [-0.05, 0) is 53.8 Å². The van der Waals surface area contributed by atoms with Crippen LogP contribution in [0.15, 0.2) is 59.5 Å². The van der Waals surface area contributed by atoms with Gasteiger partial charge in [-0.3, -0.25) is 0 Å². The summed E-state index contributed by atoms with van der Waals surface area (Å²) < 4.78 is 23.1. The monoisotopic (exact) mass is 341 g/mol. The Kier molecular flexibility index (Phi) is 4.76. The number of nitrogens with zero attached hydrogens (tertiary/aromatic N) is 1. The lowest BCUT2D eigenvalue weighted by molar-refractivity contribution is 0.602. The van der Waals surface area contributed by atoms with E-state index in [-0.39, 0.29) is 0 Å². The van der Waals surface area contributed by atoms with Gasteiger partial charge in [0.25, 0.3) is 0 Å². The first-order chi connectivity index (χ1) is 11.5. The summed E-state index contributed by atoms with van der Waals surface area (Å²) in [5, 5.41) is 0. The molecule has 0 saturated heterocycles. The molecule has 3 nitrogen and oxygen atoms in total. The third-order valence-corrected chi connectivity index (χ3v) is 5.70. The van der Waals surface area contributed by atoms with Gasteiger partial charge in [0.1, 0.15) is 0 Å². The van der Waals surface area contributed by atoms with Crippen LogP contribution in [-0.4, -0.2) is 27.8 Å². The summed E-state index contributed by atoms with van der Waals surface area (Å²) in [4.78, 5) is 2.64. The van der Waals surface area contributed by atoms with Gasteiger partial charge in [0, 0.05) is 25.0 Å². The van der Waals surface area contributed by atoms with Gasteiger partial charge in [-0.1, -0.05) is 37.3 Å². The highest BCUT2D eigenvalue weighted by Crippen LogP contribution is 2.26. The minimum atomic E-state index is -3.13. The lowest BCUT2D eigenvalue weighted by Crippen LogP contribution is -2.28. The smallest absolute Gasteiger partial charge is 0.175 e. The van der Waals surface area contributed by atoms with Crippen LogP contribution < -0.4 is 4.90 Å². The molecule has 1 aliphatic heterocycles. The predicted octanol–water partition coefficient (Wildman–Crippen LogP) is 3.95. The third kappa shape index (κ3) is 3.70. The van der Waals surface area contributed by atoms with E-state index in [1.54, 1.807) is 12.1 Å². The van der Waals surface area contributed by atoms with Crippen LogP contribution in [0, 0.1) is 0 Å². The average molecular weight is 341 g/mol. The molecule has 0 aromatic heterocycles. The van der Waals surface area contributed by atoms with Crippen molar-refractivity contribution in [2.75, 3.05) is 24.2 Å². The Labute approximate surface area is 144 Å². The molecule has 0 atom stereocenters. The molecule has 1 aliphatic rings. The number of hydrogen-bond acceptors (Lipinski definition) is 3. The van der Waals surface area contributed by atoms with Crippen LogP contribution in [-0.2, 0) is 16.3 Å². The summed E-state index contributed by atoms with van der Waals surface area (Å²) >= 11 is 0. The third-order valence-electron chi connectivity index (χ3n) is 4.57. The summed E-state index contributed by atoms with van der Waals surface area (Å²) in [6, 6.07) is 16.0. The molecule has 0 aliphatic carbocycles. The fraction of sp³-hybridized carbons (Fsp3) is 0.300. The van der Waals surface area contributed by atoms with Gasteiger partial charge in [-0.15, -0.1) is 0 Å². The van der Waals surface area contributed by atoms with E-state index in [4.69, 9.17) is 0 Å². The lowest BCUT2D eigenvalue weighted by Gasteiger charge is -2.28. The maximum Gasteiger partial charge on any atom is 0.175 e. The number of benzene rings is 2. The largest absolute Gasteiger partial charge is 0.367 e. The molecule has 2 aromatic carbocycles. The van der Waals surface area contributed by atoms with E-state index in [9.17, 15) is 8.42 Å². The van der Waals surface area contributed by atoms with Crippen LogP contribution in [0.1, 0.15) is 24.5 Å². The number of rotatable bonds is 4. The fourth-order valence-electron chi connectivity index (χ4n) is 3.02. The van der Waals surface area contributed by atoms with E-state index in [2.05, 4.69) is 42.2 Å². The molecule has 0 N–H and O–H groups in total. The molecular formula is C20H23NO2S. The van der Waals surface area contributed by atoms with Crippen LogP contribution in [0.5, 0.6) is 0 Å².